The highest BCUT2D eigenvalue weighted by molar-refractivity contribution is 7.13. The zero-order valence-corrected chi connectivity index (χ0v) is 8.47. The van der Waals surface area contributed by atoms with Gasteiger partial charge in [-0.3, -0.25) is 0 Å². The molecule has 2 rings (SSSR count). The van der Waals surface area contributed by atoms with Crippen LogP contribution in [-0.4, -0.2) is 22.7 Å². The highest BCUT2D eigenvalue weighted by Crippen LogP contribution is 2.27. The summed E-state index contributed by atoms with van der Waals surface area (Å²) in [6, 6.07) is 0. The van der Waals surface area contributed by atoms with E-state index in [-0.39, 0.29) is 6.10 Å². The largest absolute Gasteiger partial charge is 0.393 e. The summed E-state index contributed by atoms with van der Waals surface area (Å²) < 4.78 is 0. The van der Waals surface area contributed by atoms with Crippen molar-refractivity contribution in [3.63, 3.8) is 0 Å². The summed E-state index contributed by atoms with van der Waals surface area (Å²) in [4.78, 5) is 4.30. The fourth-order valence-corrected chi connectivity index (χ4v) is 2.23. The van der Waals surface area contributed by atoms with Gasteiger partial charge in [-0.25, -0.2) is 4.98 Å². The van der Waals surface area contributed by atoms with Crippen LogP contribution in [0.25, 0.3) is 0 Å². The van der Waals surface area contributed by atoms with Crippen LogP contribution in [0.5, 0.6) is 0 Å². The van der Waals surface area contributed by atoms with E-state index in [4.69, 9.17) is 5.11 Å². The molecule has 0 aromatic carbocycles. The fraction of sp³-hybridized carbons (Fsp3) is 0.667. The Kier molecular flexibility index (Phi) is 2.51. The lowest BCUT2D eigenvalue weighted by molar-refractivity contribution is 0.0487. The van der Waals surface area contributed by atoms with Gasteiger partial charge in [0, 0.05) is 11.9 Å². The Morgan fingerprint density at radius 3 is 3.00 bits per heavy atom. The average Bonchev–Trinajstić information content (AvgIpc) is 2.43. The third kappa shape index (κ3) is 2.19. The van der Waals surface area contributed by atoms with Gasteiger partial charge in [-0.05, 0) is 25.7 Å². The Labute approximate surface area is 81.8 Å². The van der Waals surface area contributed by atoms with Crippen LogP contribution < -0.4 is 5.32 Å². The van der Waals surface area contributed by atoms with Gasteiger partial charge in [0.2, 0.25) is 0 Å². The highest BCUT2D eigenvalue weighted by Gasteiger charge is 2.26. The second kappa shape index (κ2) is 3.64. The van der Waals surface area contributed by atoms with Crippen LogP contribution in [-0.2, 0) is 0 Å². The number of nitrogens with one attached hydrogen (secondary N) is 1. The first-order valence-electron chi connectivity index (χ1n) is 4.58. The molecule has 0 saturated heterocycles. The topological polar surface area (TPSA) is 45.1 Å². The van der Waals surface area contributed by atoms with Crippen molar-refractivity contribution in [2.45, 2.75) is 25.9 Å². The molecule has 0 amide bonds. The van der Waals surface area contributed by atoms with Crippen molar-refractivity contribution >= 4 is 16.5 Å². The Bertz CT molecular complexity index is 281. The molecule has 0 atom stereocenters. The van der Waals surface area contributed by atoms with Gasteiger partial charge >= 0.3 is 0 Å². The maximum absolute atomic E-state index is 9.08. The van der Waals surface area contributed by atoms with Crippen LogP contribution in [0.1, 0.15) is 18.5 Å². The molecule has 0 aliphatic heterocycles. The van der Waals surface area contributed by atoms with E-state index in [2.05, 4.69) is 10.3 Å². The molecule has 0 radical (unpaired) electrons. The van der Waals surface area contributed by atoms with Crippen LogP contribution in [0, 0.1) is 12.8 Å². The third-order valence-electron chi connectivity index (χ3n) is 2.37. The summed E-state index contributed by atoms with van der Waals surface area (Å²) in [5.74, 6) is 0.638. The maximum atomic E-state index is 9.08. The predicted molar refractivity (Wildman–Crippen MR) is 54.1 cm³/mol. The van der Waals surface area contributed by atoms with Crippen molar-refractivity contribution in [2.75, 3.05) is 11.9 Å². The van der Waals surface area contributed by atoms with Gasteiger partial charge in [0.15, 0.2) is 5.13 Å². The first-order chi connectivity index (χ1) is 6.24. The average molecular weight is 198 g/mol. The lowest BCUT2D eigenvalue weighted by atomic mass is 9.82. The van der Waals surface area contributed by atoms with Crippen molar-refractivity contribution in [2.24, 2.45) is 5.92 Å². The number of thiazole rings is 1. The predicted octanol–water partition coefficient (Wildman–Crippen LogP) is 1.63. The van der Waals surface area contributed by atoms with Gasteiger partial charge in [-0.1, -0.05) is 0 Å². The monoisotopic (exact) mass is 198 g/mol. The molecular formula is C9H14N2OS. The first-order valence-corrected chi connectivity index (χ1v) is 5.46. The Hall–Kier alpha value is -0.610. The second-order valence-electron chi connectivity index (χ2n) is 3.67. The molecule has 3 nitrogen and oxygen atoms in total. The Balaban J connectivity index is 1.74. The number of nitrogens with zero attached hydrogens (tertiary/aromatic N) is 1. The molecule has 0 spiro atoms. The van der Waals surface area contributed by atoms with E-state index in [0.717, 1.165) is 30.2 Å². The lowest BCUT2D eigenvalue weighted by Crippen LogP contribution is -2.33. The van der Waals surface area contributed by atoms with Crippen molar-refractivity contribution in [3.8, 4) is 0 Å². The second-order valence-corrected chi connectivity index (χ2v) is 4.52. The quantitative estimate of drug-likeness (QED) is 0.776. The zero-order chi connectivity index (χ0) is 9.26. The standard InChI is InChI=1S/C9H14N2OS/c1-6-5-13-9(11-6)10-4-7-2-8(12)3-7/h5,7-8,12H,2-4H2,1H3,(H,10,11). The van der Waals surface area contributed by atoms with Crippen LogP contribution >= 0.6 is 11.3 Å². The van der Waals surface area contributed by atoms with Crippen molar-refractivity contribution < 1.29 is 5.11 Å². The van der Waals surface area contributed by atoms with Gasteiger partial charge in [-0.2, -0.15) is 0 Å². The van der Waals surface area contributed by atoms with Gasteiger partial charge in [-0.15, -0.1) is 11.3 Å². The number of aliphatic hydroxyl groups excluding tert-OH is 1. The number of rotatable bonds is 3. The molecule has 0 bridgehead atoms. The number of hydrogen-bond acceptors (Lipinski definition) is 4. The van der Waals surface area contributed by atoms with Crippen molar-refractivity contribution in [1.82, 2.24) is 4.98 Å². The molecule has 1 aromatic rings. The van der Waals surface area contributed by atoms with E-state index >= 15 is 0 Å². The van der Waals surface area contributed by atoms with Gasteiger partial charge in [0.05, 0.1) is 11.8 Å². The van der Waals surface area contributed by atoms with Crippen LogP contribution in [0.4, 0.5) is 5.13 Å². The molecule has 1 heterocycles. The number of aromatic nitrogens is 1. The highest BCUT2D eigenvalue weighted by atomic mass is 32.1. The summed E-state index contributed by atoms with van der Waals surface area (Å²) in [7, 11) is 0. The van der Waals surface area contributed by atoms with Gasteiger partial charge in [0.1, 0.15) is 0 Å². The molecule has 1 fully saturated rings. The third-order valence-corrected chi connectivity index (χ3v) is 3.29. The molecule has 2 N–H and O–H groups in total. The zero-order valence-electron chi connectivity index (χ0n) is 7.66. The molecule has 0 unspecified atom stereocenters. The number of aryl methyl sites for hydroxylation is 1. The lowest BCUT2D eigenvalue weighted by Gasteiger charge is -2.31. The normalized spacial score (nSPS) is 26.9. The summed E-state index contributed by atoms with van der Waals surface area (Å²) in [5.41, 5.74) is 1.07. The summed E-state index contributed by atoms with van der Waals surface area (Å²) in [6.45, 7) is 2.94. The van der Waals surface area contributed by atoms with E-state index in [1.807, 2.05) is 12.3 Å². The summed E-state index contributed by atoms with van der Waals surface area (Å²) in [5, 5.41) is 15.4. The van der Waals surface area contributed by atoms with E-state index in [9.17, 15) is 0 Å². The minimum absolute atomic E-state index is 0.0511. The summed E-state index contributed by atoms with van der Waals surface area (Å²) >= 11 is 1.64. The molecule has 4 heteroatoms. The summed E-state index contributed by atoms with van der Waals surface area (Å²) in [6.07, 6.45) is 1.83. The molecular weight excluding hydrogens is 184 g/mol. The van der Waals surface area contributed by atoms with Crippen molar-refractivity contribution in [1.29, 1.82) is 0 Å². The van der Waals surface area contributed by atoms with Gasteiger partial charge in [0.25, 0.3) is 0 Å². The van der Waals surface area contributed by atoms with E-state index in [1.165, 1.54) is 0 Å². The van der Waals surface area contributed by atoms with E-state index in [1.54, 1.807) is 11.3 Å². The van der Waals surface area contributed by atoms with Crippen LogP contribution in [0.15, 0.2) is 5.38 Å². The molecule has 1 saturated carbocycles. The smallest absolute Gasteiger partial charge is 0.182 e. The van der Waals surface area contributed by atoms with Crippen molar-refractivity contribution in [3.05, 3.63) is 11.1 Å². The fourth-order valence-electron chi connectivity index (χ4n) is 1.53. The van der Waals surface area contributed by atoms with Gasteiger partial charge < -0.3 is 10.4 Å². The Morgan fingerprint density at radius 2 is 2.46 bits per heavy atom. The molecule has 1 aliphatic rings. The molecule has 72 valence electrons. The first kappa shape index (κ1) is 8.97. The van der Waals surface area contributed by atoms with E-state index < -0.39 is 0 Å². The number of aliphatic hydroxyl groups is 1. The maximum Gasteiger partial charge on any atom is 0.182 e. The van der Waals surface area contributed by atoms with E-state index in [0.29, 0.717) is 5.92 Å². The minimum atomic E-state index is -0.0511. The number of hydrogen-bond donors (Lipinski definition) is 2. The van der Waals surface area contributed by atoms with Crippen LogP contribution in [0.3, 0.4) is 0 Å². The van der Waals surface area contributed by atoms with Crippen LogP contribution in [0.2, 0.25) is 0 Å². The molecule has 13 heavy (non-hydrogen) atoms. The minimum Gasteiger partial charge on any atom is -0.393 e. The number of anilines is 1. The SMILES string of the molecule is Cc1csc(NCC2CC(O)C2)n1. The Morgan fingerprint density at radius 1 is 1.69 bits per heavy atom. The molecule has 1 aliphatic carbocycles. The molecule has 1 aromatic heterocycles.